The van der Waals surface area contributed by atoms with Gasteiger partial charge in [-0.25, -0.2) is 9.97 Å². The Kier molecular flexibility index (Phi) is 4.08. The van der Waals surface area contributed by atoms with Gasteiger partial charge in [-0.1, -0.05) is 6.07 Å². The molecular formula is C15H13N3OS2. The van der Waals surface area contributed by atoms with Gasteiger partial charge in [0.25, 0.3) is 0 Å². The van der Waals surface area contributed by atoms with Crippen molar-refractivity contribution in [2.45, 2.75) is 13.3 Å². The summed E-state index contributed by atoms with van der Waals surface area (Å²) in [5, 5.41) is 9.73. The van der Waals surface area contributed by atoms with Gasteiger partial charge >= 0.3 is 0 Å². The number of aryl methyl sites for hydroxylation is 1. The van der Waals surface area contributed by atoms with Gasteiger partial charge in [-0.15, -0.1) is 11.3 Å². The van der Waals surface area contributed by atoms with Gasteiger partial charge < -0.3 is 5.32 Å². The van der Waals surface area contributed by atoms with E-state index in [0.717, 1.165) is 21.8 Å². The molecule has 3 aromatic rings. The third-order valence-corrected chi connectivity index (χ3v) is 4.46. The van der Waals surface area contributed by atoms with Crippen LogP contribution in [0.1, 0.15) is 11.3 Å². The summed E-state index contributed by atoms with van der Waals surface area (Å²) in [7, 11) is 0. The molecule has 0 bridgehead atoms. The fourth-order valence-corrected chi connectivity index (χ4v) is 3.33. The third-order valence-electron chi connectivity index (χ3n) is 2.84. The number of anilines is 1. The molecule has 0 saturated carbocycles. The monoisotopic (exact) mass is 315 g/mol. The zero-order chi connectivity index (χ0) is 14.7. The summed E-state index contributed by atoms with van der Waals surface area (Å²) in [6, 6.07) is 5.74. The van der Waals surface area contributed by atoms with E-state index in [0.29, 0.717) is 5.82 Å². The standard InChI is InChI=1S/C15H13N3OS2/c1-10-2-3-13(16-7-10)18-14(19)6-12-9-21-15(17-12)11-4-5-20-8-11/h2-5,7-9H,6H2,1H3,(H,16,18,19). The van der Waals surface area contributed by atoms with E-state index in [1.54, 1.807) is 34.9 Å². The SMILES string of the molecule is Cc1ccc(NC(=O)Cc2csc(-c3ccsc3)n2)nc1. The molecule has 0 aliphatic heterocycles. The maximum absolute atomic E-state index is 12.0. The molecule has 0 fully saturated rings. The molecule has 0 aromatic carbocycles. The Bertz CT molecular complexity index is 733. The highest BCUT2D eigenvalue weighted by atomic mass is 32.1. The van der Waals surface area contributed by atoms with E-state index in [4.69, 9.17) is 0 Å². The van der Waals surface area contributed by atoms with E-state index >= 15 is 0 Å². The summed E-state index contributed by atoms with van der Waals surface area (Å²) in [4.78, 5) is 20.6. The number of nitrogens with one attached hydrogen (secondary N) is 1. The van der Waals surface area contributed by atoms with Crippen LogP contribution in [0.2, 0.25) is 0 Å². The Morgan fingerprint density at radius 2 is 2.19 bits per heavy atom. The number of amides is 1. The first kappa shape index (κ1) is 13.9. The average molecular weight is 315 g/mol. The summed E-state index contributed by atoms with van der Waals surface area (Å²) >= 11 is 3.20. The highest BCUT2D eigenvalue weighted by Gasteiger charge is 2.10. The molecule has 106 valence electrons. The van der Waals surface area contributed by atoms with Gasteiger partial charge in [0.1, 0.15) is 10.8 Å². The van der Waals surface area contributed by atoms with Gasteiger partial charge in [-0.2, -0.15) is 11.3 Å². The highest BCUT2D eigenvalue weighted by Crippen LogP contribution is 2.25. The number of thiophene rings is 1. The fraction of sp³-hybridized carbons (Fsp3) is 0.133. The lowest BCUT2D eigenvalue weighted by molar-refractivity contribution is -0.115. The molecule has 3 aromatic heterocycles. The zero-order valence-corrected chi connectivity index (χ0v) is 13.0. The zero-order valence-electron chi connectivity index (χ0n) is 11.4. The second kappa shape index (κ2) is 6.15. The smallest absolute Gasteiger partial charge is 0.231 e. The van der Waals surface area contributed by atoms with Gasteiger partial charge in [-0.05, 0) is 30.0 Å². The van der Waals surface area contributed by atoms with Crippen molar-refractivity contribution in [2.24, 2.45) is 0 Å². The van der Waals surface area contributed by atoms with E-state index in [1.165, 1.54) is 0 Å². The van der Waals surface area contributed by atoms with Crippen LogP contribution in [0.4, 0.5) is 5.82 Å². The Hall–Kier alpha value is -2.05. The van der Waals surface area contributed by atoms with Crippen molar-refractivity contribution in [3.63, 3.8) is 0 Å². The van der Waals surface area contributed by atoms with Gasteiger partial charge in [-0.3, -0.25) is 4.79 Å². The van der Waals surface area contributed by atoms with Crippen LogP contribution in [0.15, 0.2) is 40.5 Å². The lowest BCUT2D eigenvalue weighted by atomic mass is 10.3. The number of hydrogen-bond donors (Lipinski definition) is 1. The van der Waals surface area contributed by atoms with Crippen molar-refractivity contribution in [3.05, 3.63) is 51.8 Å². The molecule has 0 aliphatic rings. The maximum Gasteiger partial charge on any atom is 0.231 e. The predicted octanol–water partition coefficient (Wildman–Crippen LogP) is 3.76. The minimum atomic E-state index is -0.103. The van der Waals surface area contributed by atoms with Crippen LogP contribution in [0.5, 0.6) is 0 Å². The number of aromatic nitrogens is 2. The summed E-state index contributed by atoms with van der Waals surface area (Å²) in [5.41, 5.74) is 2.95. The minimum absolute atomic E-state index is 0.103. The highest BCUT2D eigenvalue weighted by molar-refractivity contribution is 7.14. The Labute approximate surface area is 130 Å². The second-order valence-electron chi connectivity index (χ2n) is 4.60. The van der Waals surface area contributed by atoms with Gasteiger partial charge in [0.05, 0.1) is 12.1 Å². The van der Waals surface area contributed by atoms with Crippen LogP contribution >= 0.6 is 22.7 Å². The fourth-order valence-electron chi connectivity index (χ4n) is 1.80. The van der Waals surface area contributed by atoms with Gasteiger partial charge in [0.2, 0.25) is 5.91 Å². The van der Waals surface area contributed by atoms with Gasteiger partial charge in [0, 0.05) is 22.5 Å². The van der Waals surface area contributed by atoms with E-state index in [1.807, 2.05) is 29.8 Å². The third kappa shape index (κ3) is 3.53. The van der Waals surface area contributed by atoms with E-state index in [-0.39, 0.29) is 12.3 Å². The number of thiazole rings is 1. The molecule has 0 unspecified atom stereocenters. The van der Waals surface area contributed by atoms with Crippen LogP contribution in [0, 0.1) is 6.92 Å². The molecule has 0 aliphatic carbocycles. The van der Waals surface area contributed by atoms with Crippen LogP contribution < -0.4 is 5.32 Å². The first-order chi connectivity index (χ1) is 10.2. The summed E-state index contributed by atoms with van der Waals surface area (Å²) in [6.07, 6.45) is 1.99. The topological polar surface area (TPSA) is 54.9 Å². The number of carbonyl (C=O) groups is 1. The van der Waals surface area contributed by atoms with Crippen molar-refractivity contribution < 1.29 is 4.79 Å². The lowest BCUT2D eigenvalue weighted by Crippen LogP contribution is -2.15. The van der Waals surface area contributed by atoms with Gasteiger partial charge in [0.15, 0.2) is 0 Å². The molecule has 0 saturated heterocycles. The normalized spacial score (nSPS) is 10.5. The summed E-state index contributed by atoms with van der Waals surface area (Å²) in [5.74, 6) is 0.465. The van der Waals surface area contributed by atoms with Crippen LogP contribution in [0.3, 0.4) is 0 Å². The molecular weight excluding hydrogens is 302 g/mol. The van der Waals surface area contributed by atoms with Crippen molar-refractivity contribution in [3.8, 4) is 10.6 Å². The lowest BCUT2D eigenvalue weighted by Gasteiger charge is -2.03. The molecule has 4 nitrogen and oxygen atoms in total. The van der Waals surface area contributed by atoms with Crippen LogP contribution in [0.25, 0.3) is 10.6 Å². The molecule has 3 heterocycles. The molecule has 0 radical (unpaired) electrons. The Morgan fingerprint density at radius 1 is 1.29 bits per heavy atom. The number of nitrogens with zero attached hydrogens (tertiary/aromatic N) is 2. The summed E-state index contributed by atoms with van der Waals surface area (Å²) < 4.78 is 0. The molecule has 1 N–H and O–H groups in total. The number of pyridine rings is 1. The average Bonchev–Trinajstić information content (AvgIpc) is 3.12. The van der Waals surface area contributed by atoms with Crippen molar-refractivity contribution >= 4 is 34.4 Å². The number of hydrogen-bond acceptors (Lipinski definition) is 5. The first-order valence-corrected chi connectivity index (χ1v) is 8.22. The molecule has 1 amide bonds. The predicted molar refractivity (Wildman–Crippen MR) is 86.7 cm³/mol. The molecule has 0 atom stereocenters. The Morgan fingerprint density at radius 3 is 2.90 bits per heavy atom. The van der Waals surface area contributed by atoms with E-state index in [2.05, 4.69) is 20.7 Å². The molecule has 21 heavy (non-hydrogen) atoms. The van der Waals surface area contributed by atoms with E-state index < -0.39 is 0 Å². The number of carbonyl (C=O) groups excluding carboxylic acids is 1. The Balaban J connectivity index is 1.64. The quantitative estimate of drug-likeness (QED) is 0.797. The van der Waals surface area contributed by atoms with Crippen LogP contribution in [-0.2, 0) is 11.2 Å². The second-order valence-corrected chi connectivity index (χ2v) is 6.24. The van der Waals surface area contributed by atoms with Crippen LogP contribution in [-0.4, -0.2) is 15.9 Å². The summed E-state index contributed by atoms with van der Waals surface area (Å²) in [6.45, 7) is 1.96. The molecule has 3 rings (SSSR count). The first-order valence-electron chi connectivity index (χ1n) is 6.40. The number of rotatable bonds is 4. The largest absolute Gasteiger partial charge is 0.310 e. The van der Waals surface area contributed by atoms with E-state index in [9.17, 15) is 4.79 Å². The minimum Gasteiger partial charge on any atom is -0.310 e. The maximum atomic E-state index is 12.0. The van der Waals surface area contributed by atoms with Crippen molar-refractivity contribution in [1.29, 1.82) is 0 Å². The molecule has 0 spiro atoms. The van der Waals surface area contributed by atoms with Crippen molar-refractivity contribution in [1.82, 2.24) is 9.97 Å². The molecule has 6 heteroatoms. The van der Waals surface area contributed by atoms with Crippen molar-refractivity contribution in [2.75, 3.05) is 5.32 Å².